The summed E-state index contributed by atoms with van der Waals surface area (Å²) in [6.07, 6.45) is 4.17. The van der Waals surface area contributed by atoms with Crippen molar-refractivity contribution in [3.8, 4) is 0 Å². The lowest BCUT2D eigenvalue weighted by Crippen LogP contribution is -2.10. The first-order chi connectivity index (χ1) is 10.9. The van der Waals surface area contributed by atoms with Gasteiger partial charge in [-0.25, -0.2) is 9.59 Å². The molecule has 0 fully saturated rings. The van der Waals surface area contributed by atoms with E-state index in [4.69, 9.17) is 4.74 Å². The van der Waals surface area contributed by atoms with Crippen molar-refractivity contribution in [3.63, 3.8) is 0 Å². The molecule has 0 N–H and O–H groups in total. The average molecular weight is 338 g/mol. The van der Waals surface area contributed by atoms with Crippen molar-refractivity contribution in [2.75, 3.05) is 0 Å². The van der Waals surface area contributed by atoms with Gasteiger partial charge in [0.1, 0.15) is 4.90 Å². The highest BCUT2D eigenvalue weighted by Gasteiger charge is 2.21. The van der Waals surface area contributed by atoms with Crippen molar-refractivity contribution < 1.29 is 31.7 Å². The molecule has 1 aromatic rings. The molecule has 8 heteroatoms. The maximum Gasteiger partial charge on any atom is 0.342 e. The van der Waals surface area contributed by atoms with Crippen molar-refractivity contribution >= 4 is 22.1 Å². The van der Waals surface area contributed by atoms with Crippen LogP contribution in [0.4, 0.5) is 0 Å². The number of allylic oxidation sites excluding steroid dienone is 1. The summed E-state index contributed by atoms with van der Waals surface area (Å²) in [5.74, 6) is -1.75. The molecular formula is C15H14O7S. The highest BCUT2D eigenvalue weighted by molar-refractivity contribution is 7.86. The van der Waals surface area contributed by atoms with E-state index in [9.17, 15) is 18.0 Å². The van der Waals surface area contributed by atoms with E-state index in [0.717, 1.165) is 30.7 Å². The number of rotatable bonds is 7. The standard InChI is InChI=1S/C15H14O7S/c1-4-7-21-15(17)12-8-11(14(16)20-5-2)9-13(10-12)23(18,19)22-6-3/h4-10H,2-3H2,1H3. The molecule has 0 aliphatic heterocycles. The van der Waals surface area contributed by atoms with E-state index in [1.807, 2.05) is 0 Å². The van der Waals surface area contributed by atoms with Crippen molar-refractivity contribution in [1.82, 2.24) is 0 Å². The Morgan fingerprint density at radius 1 is 1.00 bits per heavy atom. The molecule has 0 saturated carbocycles. The number of carbonyl (C=O) groups is 2. The van der Waals surface area contributed by atoms with Crippen LogP contribution in [0.3, 0.4) is 0 Å². The molecule has 0 unspecified atom stereocenters. The minimum atomic E-state index is -4.24. The quantitative estimate of drug-likeness (QED) is 0.428. The number of ether oxygens (including phenoxy) is 2. The monoisotopic (exact) mass is 338 g/mol. The fraction of sp³-hybridized carbons (Fsp3) is 0.0667. The Morgan fingerprint density at radius 3 is 2.04 bits per heavy atom. The van der Waals surface area contributed by atoms with Crippen LogP contribution in [-0.2, 0) is 23.8 Å². The normalized spacial score (nSPS) is 10.8. The number of hydrogen-bond acceptors (Lipinski definition) is 7. The van der Waals surface area contributed by atoms with Gasteiger partial charge in [0.25, 0.3) is 0 Å². The molecule has 0 bridgehead atoms. The Hall–Kier alpha value is -2.87. The molecule has 0 aromatic heterocycles. The average Bonchev–Trinajstić information content (AvgIpc) is 2.52. The summed E-state index contributed by atoms with van der Waals surface area (Å²) in [5.41, 5.74) is -0.362. The van der Waals surface area contributed by atoms with Crippen molar-refractivity contribution in [2.45, 2.75) is 11.8 Å². The molecule has 1 aromatic carbocycles. The molecule has 122 valence electrons. The molecule has 7 nitrogen and oxygen atoms in total. The Balaban J connectivity index is 3.43. The molecule has 0 aliphatic carbocycles. The number of esters is 2. The lowest BCUT2D eigenvalue weighted by molar-refractivity contribution is 0.0662. The predicted molar refractivity (Wildman–Crippen MR) is 80.8 cm³/mol. The molecule has 0 saturated heterocycles. The fourth-order valence-corrected chi connectivity index (χ4v) is 2.30. The number of hydrogen-bond donors (Lipinski definition) is 0. The number of carbonyl (C=O) groups excluding carboxylic acids is 2. The van der Waals surface area contributed by atoms with Gasteiger partial charge in [-0.2, -0.15) is 8.42 Å². The lowest BCUT2D eigenvalue weighted by Gasteiger charge is -2.08. The predicted octanol–water partition coefficient (Wildman–Crippen LogP) is 2.53. The molecule has 1 rings (SSSR count). The molecule has 0 spiro atoms. The Kier molecular flexibility index (Phi) is 6.28. The van der Waals surface area contributed by atoms with E-state index in [2.05, 4.69) is 22.1 Å². The maximum atomic E-state index is 11.9. The van der Waals surface area contributed by atoms with Crippen LogP contribution in [-0.4, -0.2) is 20.4 Å². The van der Waals surface area contributed by atoms with Crippen LogP contribution in [0.15, 0.2) is 61.1 Å². The molecule has 0 amide bonds. The van der Waals surface area contributed by atoms with Gasteiger partial charge in [0.15, 0.2) is 0 Å². The molecule has 23 heavy (non-hydrogen) atoms. The first-order valence-corrected chi connectivity index (χ1v) is 7.60. The highest BCUT2D eigenvalue weighted by Crippen LogP contribution is 2.19. The van der Waals surface area contributed by atoms with Crippen molar-refractivity contribution in [2.24, 2.45) is 0 Å². The summed E-state index contributed by atoms with van der Waals surface area (Å²) in [5, 5.41) is 0. The maximum absolute atomic E-state index is 11.9. The van der Waals surface area contributed by atoms with Gasteiger partial charge in [0, 0.05) is 0 Å². The third-order valence-corrected chi connectivity index (χ3v) is 3.57. The van der Waals surface area contributed by atoms with Gasteiger partial charge in [-0.3, -0.25) is 0 Å². The van der Waals surface area contributed by atoms with Crippen molar-refractivity contribution in [3.05, 3.63) is 67.3 Å². The zero-order valence-electron chi connectivity index (χ0n) is 12.2. The first kappa shape index (κ1) is 18.2. The minimum absolute atomic E-state index is 0.173. The van der Waals surface area contributed by atoms with Gasteiger partial charge in [-0.05, 0) is 25.1 Å². The van der Waals surface area contributed by atoms with Crippen LogP contribution >= 0.6 is 0 Å². The van der Waals surface area contributed by atoms with Gasteiger partial charge < -0.3 is 13.7 Å². The molecular weight excluding hydrogens is 324 g/mol. The fourth-order valence-electron chi connectivity index (χ4n) is 1.47. The summed E-state index contributed by atoms with van der Waals surface area (Å²) in [4.78, 5) is 23.2. The SMILES string of the molecule is C=COC(=O)c1cc(C(=O)OC=CC)cc(S(=O)(=O)OC=C)c1. The smallest absolute Gasteiger partial charge is 0.342 e. The van der Waals surface area contributed by atoms with Crippen LogP contribution in [0, 0.1) is 0 Å². The van der Waals surface area contributed by atoms with E-state index in [-0.39, 0.29) is 11.1 Å². The second kappa shape index (κ2) is 7.95. The largest absolute Gasteiger partial charge is 0.432 e. The molecule has 0 heterocycles. The van der Waals surface area contributed by atoms with E-state index in [0.29, 0.717) is 6.26 Å². The highest BCUT2D eigenvalue weighted by atomic mass is 32.2. The second-order valence-corrected chi connectivity index (χ2v) is 5.48. The van der Waals surface area contributed by atoms with Gasteiger partial charge in [0.05, 0.1) is 29.9 Å². The lowest BCUT2D eigenvalue weighted by atomic mass is 10.1. The van der Waals surface area contributed by atoms with E-state index < -0.39 is 27.0 Å². The van der Waals surface area contributed by atoms with Gasteiger partial charge >= 0.3 is 22.1 Å². The summed E-state index contributed by atoms with van der Waals surface area (Å²) in [7, 11) is -4.24. The van der Waals surface area contributed by atoms with Crippen LogP contribution in [0.1, 0.15) is 27.6 Å². The Morgan fingerprint density at radius 2 is 1.57 bits per heavy atom. The van der Waals surface area contributed by atoms with Crippen LogP contribution in [0.5, 0.6) is 0 Å². The molecule has 0 atom stereocenters. The van der Waals surface area contributed by atoms with Crippen LogP contribution in [0.25, 0.3) is 0 Å². The van der Waals surface area contributed by atoms with Crippen LogP contribution in [0.2, 0.25) is 0 Å². The molecule has 0 aliphatic rings. The van der Waals surface area contributed by atoms with Gasteiger partial charge in [-0.1, -0.05) is 19.2 Å². The van der Waals surface area contributed by atoms with Gasteiger partial charge in [-0.15, -0.1) is 0 Å². The summed E-state index contributed by atoms with van der Waals surface area (Å²) in [6.45, 7) is 8.00. The van der Waals surface area contributed by atoms with E-state index >= 15 is 0 Å². The van der Waals surface area contributed by atoms with E-state index in [1.165, 1.54) is 6.08 Å². The van der Waals surface area contributed by atoms with Crippen LogP contribution < -0.4 is 0 Å². The summed E-state index contributed by atoms with van der Waals surface area (Å²) >= 11 is 0. The second-order valence-electron chi connectivity index (χ2n) is 3.91. The topological polar surface area (TPSA) is 96.0 Å². The van der Waals surface area contributed by atoms with E-state index in [1.54, 1.807) is 6.92 Å². The Bertz CT molecular complexity index is 760. The third kappa shape index (κ3) is 4.82. The summed E-state index contributed by atoms with van der Waals surface area (Å²) in [6, 6.07) is 3.14. The van der Waals surface area contributed by atoms with Gasteiger partial charge in [0.2, 0.25) is 0 Å². The Labute approximate surface area is 133 Å². The first-order valence-electron chi connectivity index (χ1n) is 6.19. The summed E-state index contributed by atoms with van der Waals surface area (Å²) < 4.78 is 37.6. The zero-order chi connectivity index (χ0) is 17.5. The minimum Gasteiger partial charge on any atom is -0.432 e. The van der Waals surface area contributed by atoms with Crippen molar-refractivity contribution in [1.29, 1.82) is 0 Å². The third-order valence-electron chi connectivity index (χ3n) is 2.36. The zero-order valence-corrected chi connectivity index (χ0v) is 13.0. The number of benzene rings is 1. The molecule has 0 radical (unpaired) electrons.